The third-order valence-corrected chi connectivity index (χ3v) is 5.89. The number of rotatable bonds is 7. The third kappa shape index (κ3) is 4.49. The van der Waals surface area contributed by atoms with Crippen molar-refractivity contribution < 1.29 is 9.53 Å². The number of methoxy groups -OCH3 is 1. The molecule has 0 spiro atoms. The summed E-state index contributed by atoms with van der Waals surface area (Å²) in [4.78, 5) is 12.6. The predicted octanol–water partition coefficient (Wildman–Crippen LogP) is 4.41. The van der Waals surface area contributed by atoms with E-state index in [9.17, 15) is 4.79 Å². The maximum Gasteiger partial charge on any atom is 0.234 e. The Balaban J connectivity index is 1.58. The minimum absolute atomic E-state index is 0.0938. The van der Waals surface area contributed by atoms with Gasteiger partial charge in [0.15, 0.2) is 5.82 Å². The fourth-order valence-electron chi connectivity index (χ4n) is 3.17. The van der Waals surface area contributed by atoms with Gasteiger partial charge in [0, 0.05) is 23.6 Å². The lowest BCUT2D eigenvalue weighted by Crippen LogP contribution is -2.16. The molecule has 0 aliphatic rings. The molecule has 0 aliphatic carbocycles. The maximum absolute atomic E-state index is 12.6. The van der Waals surface area contributed by atoms with Crippen molar-refractivity contribution in [1.29, 1.82) is 0 Å². The fourth-order valence-corrected chi connectivity index (χ4v) is 3.90. The quantitative estimate of drug-likeness (QED) is 0.437. The van der Waals surface area contributed by atoms with Crippen molar-refractivity contribution in [3.8, 4) is 17.1 Å². The first-order chi connectivity index (χ1) is 15.1. The van der Waals surface area contributed by atoms with Crippen LogP contribution < -0.4 is 10.1 Å². The van der Waals surface area contributed by atoms with Gasteiger partial charge in [-0.1, -0.05) is 36.0 Å². The molecule has 2 aromatic carbocycles. The normalized spacial score (nSPS) is 10.8. The number of thioether (sulfide) groups is 1. The van der Waals surface area contributed by atoms with Gasteiger partial charge in [-0.3, -0.25) is 9.47 Å². The number of carbonyl (C=O) groups excluding carboxylic acids is 1. The lowest BCUT2D eigenvalue weighted by molar-refractivity contribution is -0.113. The minimum atomic E-state index is -0.0938. The van der Waals surface area contributed by atoms with Crippen LogP contribution in [0.2, 0.25) is 0 Å². The van der Waals surface area contributed by atoms with Crippen LogP contribution in [0.15, 0.2) is 72.1 Å². The monoisotopic (exact) mass is 433 g/mol. The van der Waals surface area contributed by atoms with E-state index in [0.717, 1.165) is 28.1 Å². The molecular weight excluding hydrogens is 410 g/mol. The Kier molecular flexibility index (Phi) is 6.08. The van der Waals surface area contributed by atoms with Gasteiger partial charge in [-0.2, -0.15) is 0 Å². The second-order valence-electron chi connectivity index (χ2n) is 7.00. The first-order valence-electron chi connectivity index (χ1n) is 9.79. The van der Waals surface area contributed by atoms with E-state index < -0.39 is 0 Å². The van der Waals surface area contributed by atoms with Gasteiger partial charge in [-0.15, -0.1) is 10.2 Å². The molecule has 2 aromatic heterocycles. The zero-order valence-corrected chi connectivity index (χ0v) is 18.4. The SMILES string of the molecule is COc1cccc(-c2nnc(SCC(=O)Nc3cccc(C)c3C)n2-n2cccc2)c1. The van der Waals surface area contributed by atoms with E-state index >= 15 is 0 Å². The Morgan fingerprint density at radius 3 is 2.61 bits per heavy atom. The molecular formula is C23H23N5O2S. The lowest BCUT2D eigenvalue weighted by Gasteiger charge is -2.12. The van der Waals surface area contributed by atoms with E-state index in [1.165, 1.54) is 11.8 Å². The number of nitrogens with zero attached hydrogens (tertiary/aromatic N) is 4. The Morgan fingerprint density at radius 2 is 1.84 bits per heavy atom. The molecule has 0 aliphatic heterocycles. The largest absolute Gasteiger partial charge is 0.497 e. The summed E-state index contributed by atoms with van der Waals surface area (Å²) >= 11 is 1.33. The summed E-state index contributed by atoms with van der Waals surface area (Å²) in [5.41, 5.74) is 3.90. The van der Waals surface area contributed by atoms with Gasteiger partial charge < -0.3 is 10.1 Å². The first kappa shape index (κ1) is 20.7. The van der Waals surface area contributed by atoms with Crippen LogP contribution in [0.25, 0.3) is 11.4 Å². The van der Waals surface area contributed by atoms with E-state index in [1.807, 2.05) is 90.2 Å². The number of amides is 1. The van der Waals surface area contributed by atoms with Gasteiger partial charge in [0.1, 0.15) is 5.75 Å². The van der Waals surface area contributed by atoms with E-state index in [0.29, 0.717) is 11.0 Å². The van der Waals surface area contributed by atoms with Crippen LogP contribution in [0.1, 0.15) is 11.1 Å². The Hall–Kier alpha value is -3.52. The van der Waals surface area contributed by atoms with Crippen LogP contribution in [0.4, 0.5) is 5.69 Å². The van der Waals surface area contributed by atoms with Crippen LogP contribution in [0.3, 0.4) is 0 Å². The van der Waals surface area contributed by atoms with Gasteiger partial charge in [-0.05, 0) is 55.3 Å². The number of aromatic nitrogens is 4. The van der Waals surface area contributed by atoms with Crippen molar-refractivity contribution in [2.24, 2.45) is 0 Å². The first-order valence-corrected chi connectivity index (χ1v) is 10.8. The van der Waals surface area contributed by atoms with Crippen LogP contribution in [0, 0.1) is 13.8 Å². The number of anilines is 1. The van der Waals surface area contributed by atoms with Gasteiger partial charge >= 0.3 is 0 Å². The highest BCUT2D eigenvalue weighted by molar-refractivity contribution is 7.99. The summed E-state index contributed by atoms with van der Waals surface area (Å²) in [5, 5.41) is 12.3. The molecule has 0 radical (unpaired) electrons. The van der Waals surface area contributed by atoms with Crippen molar-refractivity contribution in [2.45, 2.75) is 19.0 Å². The highest BCUT2D eigenvalue weighted by atomic mass is 32.2. The Morgan fingerprint density at radius 1 is 1.06 bits per heavy atom. The third-order valence-electron chi connectivity index (χ3n) is 4.97. The predicted molar refractivity (Wildman–Crippen MR) is 123 cm³/mol. The molecule has 0 saturated heterocycles. The van der Waals surface area contributed by atoms with Crippen molar-refractivity contribution in [3.05, 3.63) is 78.1 Å². The highest BCUT2D eigenvalue weighted by Crippen LogP contribution is 2.27. The van der Waals surface area contributed by atoms with Crippen LogP contribution >= 0.6 is 11.8 Å². The maximum atomic E-state index is 12.6. The van der Waals surface area contributed by atoms with Crippen molar-refractivity contribution in [1.82, 2.24) is 19.5 Å². The molecule has 158 valence electrons. The molecule has 4 aromatic rings. The second-order valence-corrected chi connectivity index (χ2v) is 7.94. The number of carbonyl (C=O) groups is 1. The van der Waals surface area contributed by atoms with Crippen LogP contribution in [-0.4, -0.2) is 38.3 Å². The molecule has 31 heavy (non-hydrogen) atoms. The molecule has 8 heteroatoms. The number of nitrogens with one attached hydrogen (secondary N) is 1. The van der Waals surface area contributed by atoms with Crippen molar-refractivity contribution >= 4 is 23.4 Å². The second kappa shape index (κ2) is 9.09. The van der Waals surface area contributed by atoms with E-state index in [4.69, 9.17) is 4.74 Å². The van der Waals surface area contributed by atoms with Gasteiger partial charge in [0.05, 0.1) is 12.9 Å². The van der Waals surface area contributed by atoms with E-state index in [2.05, 4.69) is 15.5 Å². The molecule has 7 nitrogen and oxygen atoms in total. The summed E-state index contributed by atoms with van der Waals surface area (Å²) in [7, 11) is 1.63. The summed E-state index contributed by atoms with van der Waals surface area (Å²) in [6.45, 7) is 4.03. The minimum Gasteiger partial charge on any atom is -0.497 e. The van der Waals surface area contributed by atoms with Crippen molar-refractivity contribution in [3.63, 3.8) is 0 Å². The average Bonchev–Trinajstić information content (AvgIpc) is 3.45. The molecule has 0 saturated carbocycles. The number of aryl methyl sites for hydroxylation is 1. The number of hydrogen-bond donors (Lipinski definition) is 1. The Labute approximate surface area is 185 Å². The smallest absolute Gasteiger partial charge is 0.234 e. The molecule has 4 rings (SSSR count). The molecule has 2 heterocycles. The van der Waals surface area contributed by atoms with E-state index in [1.54, 1.807) is 7.11 Å². The van der Waals surface area contributed by atoms with Crippen molar-refractivity contribution in [2.75, 3.05) is 18.2 Å². The van der Waals surface area contributed by atoms with Crippen LogP contribution in [-0.2, 0) is 4.79 Å². The lowest BCUT2D eigenvalue weighted by atomic mass is 10.1. The number of benzene rings is 2. The topological polar surface area (TPSA) is 74.0 Å². The molecule has 0 bridgehead atoms. The van der Waals surface area contributed by atoms with Gasteiger partial charge in [-0.25, -0.2) is 4.68 Å². The summed E-state index contributed by atoms with van der Waals surface area (Å²) < 4.78 is 9.11. The standard InChI is InChI=1S/C23H23N5O2S/c1-16-8-6-11-20(17(16)2)24-21(29)15-31-23-26-25-22(28(23)27-12-4-5-13-27)18-9-7-10-19(14-18)30-3/h4-14H,15H2,1-3H3,(H,24,29). The highest BCUT2D eigenvalue weighted by Gasteiger charge is 2.18. The summed E-state index contributed by atoms with van der Waals surface area (Å²) in [5.74, 6) is 1.52. The van der Waals surface area contributed by atoms with Gasteiger partial charge in [0.25, 0.3) is 0 Å². The number of ether oxygens (including phenoxy) is 1. The molecule has 1 amide bonds. The molecule has 0 fully saturated rings. The molecule has 0 atom stereocenters. The fraction of sp³-hybridized carbons (Fsp3) is 0.174. The van der Waals surface area contributed by atoms with E-state index in [-0.39, 0.29) is 11.7 Å². The zero-order chi connectivity index (χ0) is 21.8. The Bertz CT molecular complexity index is 1200. The number of hydrogen-bond acceptors (Lipinski definition) is 5. The average molecular weight is 434 g/mol. The summed E-state index contributed by atoms with van der Waals surface area (Å²) in [6, 6.07) is 17.4. The summed E-state index contributed by atoms with van der Waals surface area (Å²) in [6.07, 6.45) is 3.82. The van der Waals surface area contributed by atoms with Crippen LogP contribution in [0.5, 0.6) is 5.75 Å². The van der Waals surface area contributed by atoms with Gasteiger partial charge in [0.2, 0.25) is 11.1 Å². The zero-order valence-electron chi connectivity index (χ0n) is 17.6. The molecule has 1 N–H and O–H groups in total. The molecule has 0 unspecified atom stereocenters.